The van der Waals surface area contributed by atoms with Gasteiger partial charge < -0.3 is 10.1 Å². The Balaban J connectivity index is 1.90. The number of carbonyl (C=O) groups is 1. The molecule has 3 nitrogen and oxygen atoms in total. The van der Waals surface area contributed by atoms with Gasteiger partial charge in [0.25, 0.3) is 0 Å². The summed E-state index contributed by atoms with van der Waals surface area (Å²) in [7, 11) is 0. The average Bonchev–Trinajstić information content (AvgIpc) is 2.57. The van der Waals surface area contributed by atoms with Crippen molar-refractivity contribution in [1.82, 2.24) is 0 Å². The molecule has 4 heteroatoms. The van der Waals surface area contributed by atoms with Crippen molar-refractivity contribution in [3.63, 3.8) is 0 Å². The van der Waals surface area contributed by atoms with Gasteiger partial charge in [-0.15, -0.1) is 0 Å². The van der Waals surface area contributed by atoms with E-state index in [2.05, 4.69) is 28.2 Å². The van der Waals surface area contributed by atoms with Gasteiger partial charge in [-0.3, -0.25) is 4.79 Å². The van der Waals surface area contributed by atoms with Crippen LogP contribution in [0.4, 0.5) is 5.69 Å². The average molecular weight is 374 g/mol. The first kappa shape index (κ1) is 17.3. The van der Waals surface area contributed by atoms with Crippen LogP contribution in [-0.4, -0.2) is 12.4 Å². The van der Waals surface area contributed by atoms with E-state index in [0.29, 0.717) is 12.2 Å². The first-order valence-electron chi connectivity index (χ1n) is 7.65. The highest BCUT2D eigenvalue weighted by Gasteiger charge is 2.02. The molecular weight excluding hydrogens is 354 g/mol. The molecule has 0 spiro atoms. The zero-order valence-corrected chi connectivity index (χ0v) is 14.7. The number of hydrogen-bond acceptors (Lipinski definition) is 3. The second-order valence-electron chi connectivity index (χ2n) is 5.05. The Kier molecular flexibility index (Phi) is 6.88. The zero-order chi connectivity index (χ0) is 16.5. The van der Waals surface area contributed by atoms with Gasteiger partial charge in [0, 0.05) is 22.3 Å². The van der Waals surface area contributed by atoms with Gasteiger partial charge in [0.15, 0.2) is 5.78 Å². The molecule has 0 unspecified atom stereocenters. The fraction of sp³-hybridized carbons (Fsp3) is 0.211. The molecular formula is C19H20BrNO2. The highest BCUT2D eigenvalue weighted by molar-refractivity contribution is 9.10. The van der Waals surface area contributed by atoms with E-state index >= 15 is 0 Å². The zero-order valence-electron chi connectivity index (χ0n) is 13.1. The highest BCUT2D eigenvalue weighted by Crippen LogP contribution is 2.21. The third kappa shape index (κ3) is 5.57. The van der Waals surface area contributed by atoms with Crippen molar-refractivity contribution in [2.75, 3.05) is 11.9 Å². The van der Waals surface area contributed by atoms with Gasteiger partial charge in [0.2, 0.25) is 0 Å². The number of anilines is 1. The molecule has 120 valence electrons. The van der Waals surface area contributed by atoms with E-state index in [-0.39, 0.29) is 5.78 Å². The quantitative estimate of drug-likeness (QED) is 0.380. The Morgan fingerprint density at radius 1 is 1.17 bits per heavy atom. The van der Waals surface area contributed by atoms with Crippen molar-refractivity contribution in [2.24, 2.45) is 0 Å². The van der Waals surface area contributed by atoms with Gasteiger partial charge in [-0.05, 0) is 58.7 Å². The molecule has 0 aliphatic carbocycles. The molecule has 2 rings (SSSR count). The standard InChI is InChI=1S/C19H20BrNO2/c1-2-3-14-23-16-10-8-15(9-11-16)19(22)12-13-21-18-7-5-4-6-17(18)20/h4-13,21H,2-3,14H2,1H3. The predicted molar refractivity (Wildman–Crippen MR) is 98.1 cm³/mol. The third-order valence-electron chi connectivity index (χ3n) is 3.25. The lowest BCUT2D eigenvalue weighted by molar-refractivity contribution is 0.104. The van der Waals surface area contributed by atoms with E-state index < -0.39 is 0 Å². The number of para-hydroxylation sites is 1. The second-order valence-corrected chi connectivity index (χ2v) is 5.90. The lowest BCUT2D eigenvalue weighted by Gasteiger charge is -2.05. The molecule has 0 aliphatic rings. The van der Waals surface area contributed by atoms with E-state index in [1.165, 1.54) is 6.08 Å². The molecule has 23 heavy (non-hydrogen) atoms. The summed E-state index contributed by atoms with van der Waals surface area (Å²) in [5.41, 5.74) is 1.55. The topological polar surface area (TPSA) is 38.3 Å². The van der Waals surface area contributed by atoms with Gasteiger partial charge >= 0.3 is 0 Å². The Hall–Kier alpha value is -2.07. The monoisotopic (exact) mass is 373 g/mol. The maximum Gasteiger partial charge on any atom is 0.187 e. The molecule has 0 radical (unpaired) electrons. The fourth-order valence-electron chi connectivity index (χ4n) is 1.93. The molecule has 0 atom stereocenters. The minimum absolute atomic E-state index is 0.0512. The highest BCUT2D eigenvalue weighted by atomic mass is 79.9. The Labute approximate surface area is 145 Å². The van der Waals surface area contributed by atoms with Crippen molar-refractivity contribution in [3.05, 3.63) is 70.8 Å². The lowest BCUT2D eigenvalue weighted by Crippen LogP contribution is -1.99. The molecule has 2 aromatic carbocycles. The van der Waals surface area contributed by atoms with Crippen LogP contribution >= 0.6 is 15.9 Å². The second kappa shape index (κ2) is 9.16. The number of halogens is 1. The van der Waals surface area contributed by atoms with Gasteiger partial charge in [0.05, 0.1) is 12.3 Å². The normalized spacial score (nSPS) is 10.7. The molecule has 0 saturated heterocycles. The van der Waals surface area contributed by atoms with Crippen LogP contribution in [0.2, 0.25) is 0 Å². The van der Waals surface area contributed by atoms with Crippen LogP contribution in [0.1, 0.15) is 30.1 Å². The number of rotatable bonds is 8. The largest absolute Gasteiger partial charge is 0.494 e. The maximum atomic E-state index is 12.1. The predicted octanol–water partition coefficient (Wildman–Crippen LogP) is 5.44. The summed E-state index contributed by atoms with van der Waals surface area (Å²) >= 11 is 3.45. The number of allylic oxidation sites excluding steroid dienone is 1. The van der Waals surface area contributed by atoms with Gasteiger partial charge in [-0.25, -0.2) is 0 Å². The lowest BCUT2D eigenvalue weighted by atomic mass is 10.1. The Bertz CT molecular complexity index is 665. The number of unbranched alkanes of at least 4 members (excludes halogenated alkanes) is 1. The van der Waals surface area contributed by atoms with Crippen LogP contribution in [0.25, 0.3) is 0 Å². The summed E-state index contributed by atoms with van der Waals surface area (Å²) in [5, 5.41) is 3.09. The number of ether oxygens (including phenoxy) is 1. The van der Waals surface area contributed by atoms with E-state index in [0.717, 1.165) is 28.8 Å². The Morgan fingerprint density at radius 2 is 1.91 bits per heavy atom. The van der Waals surface area contributed by atoms with Crippen molar-refractivity contribution < 1.29 is 9.53 Å². The summed E-state index contributed by atoms with van der Waals surface area (Å²) in [6.07, 6.45) is 5.30. The van der Waals surface area contributed by atoms with Gasteiger partial charge in [-0.2, -0.15) is 0 Å². The summed E-state index contributed by atoms with van der Waals surface area (Å²) < 4.78 is 6.54. The first-order chi connectivity index (χ1) is 11.2. The minimum Gasteiger partial charge on any atom is -0.494 e. The van der Waals surface area contributed by atoms with E-state index in [1.54, 1.807) is 18.3 Å². The van der Waals surface area contributed by atoms with Crippen LogP contribution in [0.5, 0.6) is 5.75 Å². The molecule has 0 fully saturated rings. The van der Waals surface area contributed by atoms with Crippen LogP contribution in [0.15, 0.2) is 65.3 Å². The van der Waals surface area contributed by atoms with E-state index in [9.17, 15) is 4.79 Å². The molecule has 0 bridgehead atoms. The van der Waals surface area contributed by atoms with Gasteiger partial charge in [0.1, 0.15) is 5.75 Å². The molecule has 0 amide bonds. The number of ketones is 1. The van der Waals surface area contributed by atoms with Crippen molar-refractivity contribution in [1.29, 1.82) is 0 Å². The number of benzene rings is 2. The Morgan fingerprint density at radius 3 is 2.61 bits per heavy atom. The van der Waals surface area contributed by atoms with Crippen molar-refractivity contribution in [2.45, 2.75) is 19.8 Å². The smallest absolute Gasteiger partial charge is 0.187 e. The molecule has 1 N–H and O–H groups in total. The van der Waals surface area contributed by atoms with E-state index in [4.69, 9.17) is 4.74 Å². The summed E-state index contributed by atoms with van der Waals surface area (Å²) in [6.45, 7) is 2.83. The van der Waals surface area contributed by atoms with Crippen LogP contribution in [-0.2, 0) is 0 Å². The SMILES string of the molecule is CCCCOc1ccc(C(=O)C=CNc2ccccc2Br)cc1. The molecule has 0 heterocycles. The van der Waals surface area contributed by atoms with Crippen LogP contribution < -0.4 is 10.1 Å². The fourth-order valence-corrected chi connectivity index (χ4v) is 2.33. The summed E-state index contributed by atoms with van der Waals surface area (Å²) in [5.74, 6) is 0.745. The van der Waals surface area contributed by atoms with E-state index in [1.807, 2.05) is 36.4 Å². The van der Waals surface area contributed by atoms with Crippen LogP contribution in [0.3, 0.4) is 0 Å². The molecule has 0 aliphatic heterocycles. The van der Waals surface area contributed by atoms with Crippen molar-refractivity contribution >= 4 is 27.4 Å². The number of carbonyl (C=O) groups excluding carboxylic acids is 1. The molecule has 2 aromatic rings. The molecule has 0 saturated carbocycles. The maximum absolute atomic E-state index is 12.1. The minimum atomic E-state index is -0.0512. The van der Waals surface area contributed by atoms with Gasteiger partial charge in [-0.1, -0.05) is 25.5 Å². The van der Waals surface area contributed by atoms with Crippen molar-refractivity contribution in [3.8, 4) is 5.75 Å². The first-order valence-corrected chi connectivity index (χ1v) is 8.45. The van der Waals surface area contributed by atoms with Crippen LogP contribution in [0, 0.1) is 0 Å². The molecule has 0 aromatic heterocycles. The number of nitrogens with one attached hydrogen (secondary N) is 1. The number of hydrogen-bond donors (Lipinski definition) is 1. The third-order valence-corrected chi connectivity index (χ3v) is 3.94. The summed E-state index contributed by atoms with van der Waals surface area (Å²) in [6, 6.07) is 15.0. The summed E-state index contributed by atoms with van der Waals surface area (Å²) in [4.78, 5) is 12.1.